The lowest BCUT2D eigenvalue weighted by Gasteiger charge is -2.12. The van der Waals surface area contributed by atoms with Gasteiger partial charge in [0.05, 0.1) is 5.38 Å². The van der Waals surface area contributed by atoms with E-state index in [1.165, 1.54) is 24.3 Å². The molecule has 1 heterocycles. The van der Waals surface area contributed by atoms with Crippen LogP contribution in [0.15, 0.2) is 48.8 Å². The Hall–Kier alpha value is -1.75. The van der Waals surface area contributed by atoms with E-state index in [4.69, 9.17) is 11.6 Å². The molecule has 0 aliphatic carbocycles. The molecule has 0 saturated heterocycles. The van der Waals surface area contributed by atoms with Gasteiger partial charge in [-0.25, -0.2) is 0 Å². The SMILES string of the molecule is FC(F)(F)Oc1ccc(C(Cl)Cc2ccncc2)cc1. The predicted molar refractivity (Wildman–Crippen MR) is 69.7 cm³/mol. The summed E-state index contributed by atoms with van der Waals surface area (Å²) < 4.78 is 39.9. The summed E-state index contributed by atoms with van der Waals surface area (Å²) in [4.78, 5) is 3.90. The van der Waals surface area contributed by atoms with Gasteiger partial charge in [-0.1, -0.05) is 12.1 Å². The van der Waals surface area contributed by atoms with Crippen LogP contribution in [0.3, 0.4) is 0 Å². The summed E-state index contributed by atoms with van der Waals surface area (Å²) in [5.74, 6) is -0.256. The highest BCUT2D eigenvalue weighted by Gasteiger charge is 2.31. The monoisotopic (exact) mass is 301 g/mol. The van der Waals surface area contributed by atoms with E-state index < -0.39 is 6.36 Å². The summed E-state index contributed by atoms with van der Waals surface area (Å²) in [6.07, 6.45) is -0.777. The van der Waals surface area contributed by atoms with E-state index in [0.717, 1.165) is 11.1 Å². The molecular formula is C14H11ClF3NO. The fourth-order valence-electron chi connectivity index (χ4n) is 1.72. The maximum absolute atomic E-state index is 12.0. The average Bonchev–Trinajstić information content (AvgIpc) is 2.39. The van der Waals surface area contributed by atoms with Crippen molar-refractivity contribution in [1.29, 1.82) is 0 Å². The number of alkyl halides is 4. The number of hydrogen-bond donors (Lipinski definition) is 0. The number of hydrogen-bond acceptors (Lipinski definition) is 2. The third-order valence-corrected chi connectivity index (χ3v) is 3.05. The van der Waals surface area contributed by atoms with Gasteiger partial charge in [-0.3, -0.25) is 4.98 Å². The van der Waals surface area contributed by atoms with Crippen LogP contribution in [-0.2, 0) is 6.42 Å². The first-order valence-corrected chi connectivity index (χ1v) is 6.26. The van der Waals surface area contributed by atoms with Crippen LogP contribution in [0, 0.1) is 0 Å². The number of halogens is 4. The molecule has 2 aromatic rings. The van der Waals surface area contributed by atoms with Gasteiger partial charge >= 0.3 is 6.36 Å². The maximum atomic E-state index is 12.0. The topological polar surface area (TPSA) is 22.1 Å². The summed E-state index contributed by atoms with van der Waals surface area (Å²) in [6.45, 7) is 0. The number of nitrogens with zero attached hydrogens (tertiary/aromatic N) is 1. The van der Waals surface area contributed by atoms with Gasteiger partial charge in [0.2, 0.25) is 0 Å². The van der Waals surface area contributed by atoms with Gasteiger partial charge in [0.25, 0.3) is 0 Å². The van der Waals surface area contributed by atoms with Crippen LogP contribution in [0.2, 0.25) is 0 Å². The van der Waals surface area contributed by atoms with Gasteiger partial charge in [-0.05, 0) is 41.8 Å². The fraction of sp³-hybridized carbons (Fsp3) is 0.214. The number of benzene rings is 1. The van der Waals surface area contributed by atoms with Crippen molar-refractivity contribution in [3.05, 3.63) is 59.9 Å². The Labute approximate surface area is 119 Å². The summed E-state index contributed by atoms with van der Waals surface area (Å²) in [7, 11) is 0. The number of rotatable bonds is 4. The molecule has 0 spiro atoms. The molecule has 0 bridgehead atoms. The van der Waals surface area contributed by atoms with Gasteiger partial charge in [0.1, 0.15) is 5.75 Å². The van der Waals surface area contributed by atoms with E-state index >= 15 is 0 Å². The second kappa shape index (κ2) is 6.13. The van der Waals surface area contributed by atoms with Crippen molar-refractivity contribution < 1.29 is 17.9 Å². The van der Waals surface area contributed by atoms with Gasteiger partial charge < -0.3 is 4.74 Å². The number of pyridine rings is 1. The minimum absolute atomic E-state index is 0.256. The molecule has 6 heteroatoms. The van der Waals surface area contributed by atoms with Gasteiger partial charge in [0, 0.05) is 12.4 Å². The first-order valence-electron chi connectivity index (χ1n) is 5.83. The molecule has 106 valence electrons. The van der Waals surface area contributed by atoms with E-state index in [1.54, 1.807) is 12.4 Å². The molecule has 0 fully saturated rings. The van der Waals surface area contributed by atoms with Crippen molar-refractivity contribution in [1.82, 2.24) is 4.98 Å². The van der Waals surface area contributed by atoms with Crippen LogP contribution in [-0.4, -0.2) is 11.3 Å². The minimum atomic E-state index is -4.68. The fourth-order valence-corrected chi connectivity index (χ4v) is 2.05. The van der Waals surface area contributed by atoms with E-state index in [1.807, 2.05) is 12.1 Å². The zero-order valence-corrected chi connectivity index (χ0v) is 11.0. The number of ether oxygens (including phenoxy) is 1. The van der Waals surface area contributed by atoms with Crippen molar-refractivity contribution in [2.45, 2.75) is 18.2 Å². The van der Waals surface area contributed by atoms with E-state index in [0.29, 0.717) is 6.42 Å². The number of aromatic nitrogens is 1. The lowest BCUT2D eigenvalue weighted by atomic mass is 10.0. The molecule has 1 unspecified atom stereocenters. The maximum Gasteiger partial charge on any atom is 0.573 e. The minimum Gasteiger partial charge on any atom is -0.406 e. The predicted octanol–water partition coefficient (Wildman–Crippen LogP) is 4.50. The van der Waals surface area contributed by atoms with Crippen LogP contribution < -0.4 is 4.74 Å². The molecule has 2 nitrogen and oxygen atoms in total. The largest absolute Gasteiger partial charge is 0.573 e. The molecule has 1 aromatic carbocycles. The van der Waals surface area contributed by atoms with Gasteiger partial charge in [-0.2, -0.15) is 0 Å². The van der Waals surface area contributed by atoms with Crippen LogP contribution >= 0.6 is 11.6 Å². The summed E-state index contributed by atoms with van der Waals surface area (Å²) in [5.41, 5.74) is 1.74. The Morgan fingerprint density at radius 1 is 1.05 bits per heavy atom. The first kappa shape index (κ1) is 14.7. The molecule has 20 heavy (non-hydrogen) atoms. The van der Waals surface area contributed by atoms with Crippen LogP contribution in [0.25, 0.3) is 0 Å². The molecule has 0 aliphatic rings. The highest BCUT2D eigenvalue weighted by Crippen LogP contribution is 2.28. The van der Waals surface area contributed by atoms with Crippen molar-refractivity contribution in [3.63, 3.8) is 0 Å². The molecule has 0 amide bonds. The average molecular weight is 302 g/mol. The molecule has 2 rings (SSSR count). The van der Waals surface area contributed by atoms with Crippen molar-refractivity contribution in [3.8, 4) is 5.75 Å². The molecule has 0 radical (unpaired) electrons. The van der Waals surface area contributed by atoms with Crippen LogP contribution in [0.4, 0.5) is 13.2 Å². The van der Waals surface area contributed by atoms with E-state index in [9.17, 15) is 13.2 Å². The Bertz CT molecular complexity index is 543. The second-order valence-corrected chi connectivity index (χ2v) is 4.67. The van der Waals surface area contributed by atoms with Gasteiger partial charge in [-0.15, -0.1) is 24.8 Å². The van der Waals surface area contributed by atoms with Crippen LogP contribution in [0.5, 0.6) is 5.75 Å². The quantitative estimate of drug-likeness (QED) is 0.776. The van der Waals surface area contributed by atoms with Crippen molar-refractivity contribution in [2.75, 3.05) is 0 Å². The third kappa shape index (κ3) is 4.42. The highest BCUT2D eigenvalue weighted by atomic mass is 35.5. The Balaban J connectivity index is 2.02. The van der Waals surface area contributed by atoms with Gasteiger partial charge in [0.15, 0.2) is 0 Å². The molecule has 1 aromatic heterocycles. The van der Waals surface area contributed by atoms with Crippen molar-refractivity contribution in [2.24, 2.45) is 0 Å². The Morgan fingerprint density at radius 2 is 1.65 bits per heavy atom. The third-order valence-electron chi connectivity index (χ3n) is 2.64. The van der Waals surface area contributed by atoms with Crippen LogP contribution in [0.1, 0.15) is 16.5 Å². The normalized spacial score (nSPS) is 13.0. The lowest BCUT2D eigenvalue weighted by molar-refractivity contribution is -0.274. The summed E-state index contributed by atoms with van der Waals surface area (Å²) in [6, 6.07) is 9.25. The first-order chi connectivity index (χ1) is 9.44. The highest BCUT2D eigenvalue weighted by molar-refractivity contribution is 6.20. The molecule has 0 saturated carbocycles. The molecule has 0 aliphatic heterocycles. The standard InChI is InChI=1S/C14H11ClF3NO/c15-13(9-10-5-7-19-8-6-10)11-1-3-12(4-2-11)20-14(16,17)18/h1-8,13H,9H2. The Kier molecular flexibility index (Phi) is 4.49. The lowest BCUT2D eigenvalue weighted by Crippen LogP contribution is -2.17. The second-order valence-electron chi connectivity index (χ2n) is 4.14. The zero-order chi connectivity index (χ0) is 14.6. The van der Waals surface area contributed by atoms with E-state index in [-0.39, 0.29) is 11.1 Å². The summed E-state index contributed by atoms with van der Waals surface area (Å²) >= 11 is 6.24. The summed E-state index contributed by atoms with van der Waals surface area (Å²) in [5, 5.41) is -0.322. The smallest absolute Gasteiger partial charge is 0.406 e. The zero-order valence-electron chi connectivity index (χ0n) is 10.3. The molecule has 1 atom stereocenters. The van der Waals surface area contributed by atoms with E-state index in [2.05, 4.69) is 9.72 Å². The Morgan fingerprint density at radius 3 is 2.20 bits per heavy atom. The van der Waals surface area contributed by atoms with Crippen molar-refractivity contribution >= 4 is 11.6 Å². The molecular weight excluding hydrogens is 291 g/mol. The molecule has 0 N–H and O–H groups in total.